The van der Waals surface area contributed by atoms with Gasteiger partial charge >= 0.3 is 6.16 Å². The topological polar surface area (TPSA) is 90.6 Å². The highest BCUT2D eigenvalue weighted by atomic mass is 32.1. The van der Waals surface area contributed by atoms with Gasteiger partial charge in [-0.25, -0.2) is 4.79 Å². The number of nitrogens with zero attached hydrogens (tertiary/aromatic N) is 2. The van der Waals surface area contributed by atoms with Crippen LogP contribution in [0.2, 0.25) is 0 Å². The van der Waals surface area contributed by atoms with Gasteiger partial charge in [-0.05, 0) is 50.1 Å². The molecule has 0 saturated carbocycles. The van der Waals surface area contributed by atoms with Crippen molar-refractivity contribution >= 4 is 29.1 Å². The number of carboxylic acid groups (broad SMARTS) is 1. The summed E-state index contributed by atoms with van der Waals surface area (Å²) in [6.45, 7) is 5.49. The number of hydrogen-bond donors (Lipinski definition) is 1. The molecular formula is C23H20N2O4S. The molecule has 0 bridgehead atoms. The molecule has 152 valence electrons. The van der Waals surface area contributed by atoms with Gasteiger partial charge in [0, 0.05) is 10.9 Å². The highest BCUT2D eigenvalue weighted by Crippen LogP contribution is 2.44. The van der Waals surface area contributed by atoms with Crippen LogP contribution in [0.1, 0.15) is 35.3 Å². The number of carbonyl (C=O) groups excluding carboxylic acids is 1. The zero-order valence-corrected chi connectivity index (χ0v) is 17.6. The van der Waals surface area contributed by atoms with Gasteiger partial charge in [0.1, 0.15) is 0 Å². The van der Waals surface area contributed by atoms with Crippen molar-refractivity contribution in [2.45, 2.75) is 26.8 Å². The van der Waals surface area contributed by atoms with E-state index in [1.807, 2.05) is 51.1 Å². The first-order valence-electron chi connectivity index (χ1n) is 9.26. The highest BCUT2D eigenvalue weighted by molar-refractivity contribution is 7.18. The molecule has 0 aliphatic carbocycles. The normalized spacial score (nSPS) is 10.5. The van der Waals surface area contributed by atoms with E-state index >= 15 is 0 Å². The lowest BCUT2D eigenvalue weighted by atomic mass is 10.0. The van der Waals surface area contributed by atoms with E-state index in [0.29, 0.717) is 5.69 Å². The summed E-state index contributed by atoms with van der Waals surface area (Å²) >= 11 is 1.15. The van der Waals surface area contributed by atoms with Gasteiger partial charge < -0.3 is 14.7 Å². The summed E-state index contributed by atoms with van der Waals surface area (Å²) in [5, 5.41) is 18.8. The molecule has 1 amide bonds. The van der Waals surface area contributed by atoms with Crippen molar-refractivity contribution in [3.05, 3.63) is 71.3 Å². The third kappa shape index (κ3) is 4.34. The minimum atomic E-state index is -1.46. The second-order valence-corrected chi connectivity index (χ2v) is 7.96. The molecule has 3 rings (SSSR count). The Kier molecular flexibility index (Phi) is 6.19. The quantitative estimate of drug-likeness (QED) is 0.534. The zero-order valence-electron chi connectivity index (χ0n) is 16.7. The number of thiophene rings is 1. The van der Waals surface area contributed by atoms with E-state index in [-0.39, 0.29) is 22.2 Å². The van der Waals surface area contributed by atoms with Crippen LogP contribution < -0.4 is 9.64 Å². The van der Waals surface area contributed by atoms with Crippen LogP contribution in [-0.2, 0) is 0 Å². The van der Waals surface area contributed by atoms with E-state index in [1.54, 1.807) is 24.3 Å². The molecule has 0 atom stereocenters. The maximum atomic E-state index is 13.4. The van der Waals surface area contributed by atoms with Crippen molar-refractivity contribution in [1.29, 1.82) is 5.26 Å². The summed E-state index contributed by atoms with van der Waals surface area (Å²) in [4.78, 5) is 26.9. The van der Waals surface area contributed by atoms with Gasteiger partial charge in [0.15, 0.2) is 0 Å². The Labute approximate surface area is 178 Å². The molecule has 0 saturated heterocycles. The van der Waals surface area contributed by atoms with Crippen LogP contribution in [0.5, 0.6) is 5.06 Å². The lowest BCUT2D eigenvalue weighted by molar-refractivity contribution is 0.0978. The van der Waals surface area contributed by atoms with Gasteiger partial charge in [-0.3, -0.25) is 4.79 Å². The largest absolute Gasteiger partial charge is 0.512 e. The number of carbonyl (C=O) groups is 2. The Morgan fingerprint density at radius 2 is 1.83 bits per heavy atom. The molecule has 30 heavy (non-hydrogen) atoms. The number of ether oxygens (including phenoxy) is 1. The minimum Gasteiger partial charge on any atom is -0.449 e. The molecule has 0 aliphatic heterocycles. The zero-order chi connectivity index (χ0) is 21.8. The number of benzene rings is 2. The molecular weight excluding hydrogens is 400 g/mol. The summed E-state index contributed by atoms with van der Waals surface area (Å²) < 4.78 is 5.02. The predicted molar refractivity (Wildman–Crippen MR) is 116 cm³/mol. The molecule has 6 nitrogen and oxygen atoms in total. The predicted octanol–water partition coefficient (Wildman–Crippen LogP) is 5.71. The van der Waals surface area contributed by atoms with Gasteiger partial charge in [-0.2, -0.15) is 5.26 Å². The first kappa shape index (κ1) is 21.1. The summed E-state index contributed by atoms with van der Waals surface area (Å²) in [5.41, 5.74) is 2.63. The summed E-state index contributed by atoms with van der Waals surface area (Å²) in [7, 11) is 0. The first-order chi connectivity index (χ1) is 14.3. The lowest BCUT2D eigenvalue weighted by Gasteiger charge is -2.27. The Balaban J connectivity index is 2.14. The third-order valence-electron chi connectivity index (χ3n) is 4.44. The Hall–Kier alpha value is -3.63. The number of hydrogen-bond acceptors (Lipinski definition) is 5. The molecule has 1 aromatic heterocycles. The number of anilines is 1. The van der Waals surface area contributed by atoms with E-state index in [9.17, 15) is 20.0 Å². The Bertz CT molecular complexity index is 1130. The molecule has 1 heterocycles. The van der Waals surface area contributed by atoms with E-state index in [2.05, 4.69) is 6.07 Å². The first-order valence-corrected chi connectivity index (χ1v) is 10.1. The number of amides is 1. The molecule has 0 fully saturated rings. The minimum absolute atomic E-state index is 0.106. The fraction of sp³-hybridized carbons (Fsp3) is 0.174. The molecule has 1 N–H and O–H groups in total. The van der Waals surface area contributed by atoms with Crippen molar-refractivity contribution in [3.63, 3.8) is 0 Å². The molecule has 0 radical (unpaired) electrons. The van der Waals surface area contributed by atoms with Crippen LogP contribution in [-0.4, -0.2) is 23.2 Å². The van der Waals surface area contributed by atoms with Gasteiger partial charge in [0.25, 0.3) is 5.91 Å². The van der Waals surface area contributed by atoms with Crippen molar-refractivity contribution in [2.24, 2.45) is 0 Å². The second kappa shape index (κ2) is 8.80. The Morgan fingerprint density at radius 1 is 1.13 bits per heavy atom. The Morgan fingerprint density at radius 3 is 2.43 bits per heavy atom. The van der Waals surface area contributed by atoms with Crippen molar-refractivity contribution < 1.29 is 19.4 Å². The van der Waals surface area contributed by atoms with Crippen LogP contribution in [0.3, 0.4) is 0 Å². The molecule has 0 unspecified atom stereocenters. The maximum Gasteiger partial charge on any atom is 0.512 e. The maximum absolute atomic E-state index is 13.4. The van der Waals surface area contributed by atoms with Gasteiger partial charge in [0.2, 0.25) is 5.06 Å². The van der Waals surface area contributed by atoms with E-state index in [0.717, 1.165) is 27.3 Å². The van der Waals surface area contributed by atoms with Crippen LogP contribution in [0.15, 0.2) is 54.6 Å². The van der Waals surface area contributed by atoms with Crippen LogP contribution in [0.25, 0.3) is 10.4 Å². The standard InChI is InChI=1S/C23H20N2O4S/c1-14(2)25(21(26)18-10-9-15(3)11-17(18)13-24)19-12-20(16-7-5-4-6-8-16)30-22(19)29-23(27)28/h4-12,14H,1-3H3,(H,27,28). The summed E-state index contributed by atoms with van der Waals surface area (Å²) in [6, 6.07) is 18.0. The number of aryl methyl sites for hydroxylation is 1. The van der Waals surface area contributed by atoms with Crippen LogP contribution >= 0.6 is 11.3 Å². The lowest BCUT2D eigenvalue weighted by Crippen LogP contribution is -2.37. The van der Waals surface area contributed by atoms with Crippen molar-refractivity contribution in [2.75, 3.05) is 4.90 Å². The molecule has 0 aliphatic rings. The van der Waals surface area contributed by atoms with Gasteiger partial charge in [-0.15, -0.1) is 0 Å². The third-order valence-corrected chi connectivity index (χ3v) is 5.49. The van der Waals surface area contributed by atoms with Crippen molar-refractivity contribution in [1.82, 2.24) is 0 Å². The fourth-order valence-corrected chi connectivity index (χ4v) is 4.12. The van der Waals surface area contributed by atoms with Crippen LogP contribution in [0, 0.1) is 18.3 Å². The van der Waals surface area contributed by atoms with Crippen LogP contribution in [0.4, 0.5) is 10.5 Å². The average molecular weight is 420 g/mol. The molecule has 2 aromatic carbocycles. The monoisotopic (exact) mass is 420 g/mol. The molecule has 7 heteroatoms. The SMILES string of the molecule is Cc1ccc(C(=O)N(c2cc(-c3ccccc3)sc2OC(=O)O)C(C)C)c(C#N)c1. The molecule has 0 spiro atoms. The van der Waals surface area contributed by atoms with E-state index in [1.165, 1.54) is 4.90 Å². The number of nitriles is 1. The number of rotatable bonds is 5. The molecule has 3 aromatic rings. The van der Waals surface area contributed by atoms with E-state index in [4.69, 9.17) is 4.74 Å². The summed E-state index contributed by atoms with van der Waals surface area (Å²) in [5.74, 6) is -0.394. The average Bonchev–Trinajstić information content (AvgIpc) is 3.10. The second-order valence-electron chi connectivity index (χ2n) is 6.95. The van der Waals surface area contributed by atoms with Crippen molar-refractivity contribution in [3.8, 4) is 21.6 Å². The highest BCUT2D eigenvalue weighted by Gasteiger charge is 2.29. The fourth-order valence-electron chi connectivity index (χ4n) is 3.12. The van der Waals surface area contributed by atoms with Gasteiger partial charge in [0.05, 0.1) is 22.9 Å². The smallest absolute Gasteiger partial charge is 0.449 e. The summed E-state index contributed by atoms with van der Waals surface area (Å²) in [6.07, 6.45) is -1.46. The van der Waals surface area contributed by atoms with E-state index < -0.39 is 12.1 Å². The van der Waals surface area contributed by atoms with Gasteiger partial charge in [-0.1, -0.05) is 47.7 Å².